The molecule has 0 aliphatic rings. The summed E-state index contributed by atoms with van der Waals surface area (Å²) in [6, 6.07) is 5.83. The van der Waals surface area contributed by atoms with Gasteiger partial charge in [0.15, 0.2) is 0 Å². The number of benzene rings is 1. The average Bonchev–Trinajstić information content (AvgIpc) is 2.40. The molecule has 0 spiro atoms. The lowest BCUT2D eigenvalue weighted by Crippen LogP contribution is -2.29. The number of rotatable bonds is 6. The summed E-state index contributed by atoms with van der Waals surface area (Å²) in [4.78, 5) is 16.5. The van der Waals surface area contributed by atoms with Crippen LogP contribution in [-0.4, -0.2) is 31.9 Å². The Morgan fingerprint density at radius 2 is 2.10 bits per heavy atom. The van der Waals surface area contributed by atoms with E-state index in [1.165, 1.54) is 7.11 Å². The van der Waals surface area contributed by atoms with Crippen molar-refractivity contribution >= 4 is 11.6 Å². The van der Waals surface area contributed by atoms with Crippen LogP contribution in [0, 0.1) is 6.92 Å². The van der Waals surface area contributed by atoms with Gasteiger partial charge in [0.25, 0.3) is 5.91 Å². The number of carbonyl (C=O) groups excluding carboxylic acids is 1. The molecule has 0 aromatic heterocycles. The molecule has 0 saturated carbocycles. The molecule has 1 aromatic carbocycles. The van der Waals surface area contributed by atoms with Crippen molar-refractivity contribution in [3.63, 3.8) is 0 Å². The second kappa shape index (κ2) is 7.53. The molecule has 0 saturated heterocycles. The van der Waals surface area contributed by atoms with Crippen molar-refractivity contribution in [2.75, 3.05) is 14.2 Å². The Morgan fingerprint density at radius 3 is 2.65 bits per heavy atom. The van der Waals surface area contributed by atoms with E-state index in [-0.39, 0.29) is 12.0 Å². The van der Waals surface area contributed by atoms with Crippen LogP contribution in [0.25, 0.3) is 0 Å². The van der Waals surface area contributed by atoms with Gasteiger partial charge in [-0.05, 0) is 44.0 Å². The van der Waals surface area contributed by atoms with E-state index in [2.05, 4.69) is 10.5 Å². The maximum absolute atomic E-state index is 11.7. The summed E-state index contributed by atoms with van der Waals surface area (Å²) >= 11 is 0. The van der Waals surface area contributed by atoms with Gasteiger partial charge in [-0.15, -0.1) is 0 Å². The molecule has 0 atom stereocenters. The van der Waals surface area contributed by atoms with Crippen LogP contribution >= 0.6 is 0 Å². The van der Waals surface area contributed by atoms with Gasteiger partial charge in [-0.1, -0.05) is 11.2 Å². The van der Waals surface area contributed by atoms with E-state index in [4.69, 9.17) is 9.57 Å². The zero-order chi connectivity index (χ0) is 15.1. The second-order valence-electron chi connectivity index (χ2n) is 4.73. The van der Waals surface area contributed by atoms with E-state index in [0.29, 0.717) is 12.1 Å². The van der Waals surface area contributed by atoms with E-state index >= 15 is 0 Å². The van der Waals surface area contributed by atoms with Gasteiger partial charge in [0.2, 0.25) is 0 Å². The van der Waals surface area contributed by atoms with Crippen molar-refractivity contribution in [1.82, 2.24) is 5.32 Å². The Balaban J connectivity index is 2.99. The zero-order valence-electron chi connectivity index (χ0n) is 12.7. The Bertz CT molecular complexity index is 496. The van der Waals surface area contributed by atoms with E-state index in [1.54, 1.807) is 7.05 Å². The fourth-order valence-corrected chi connectivity index (χ4v) is 1.77. The molecule has 0 aliphatic heterocycles. The number of ether oxygens (including phenoxy) is 1. The monoisotopic (exact) mass is 278 g/mol. The van der Waals surface area contributed by atoms with Gasteiger partial charge < -0.3 is 14.9 Å². The highest BCUT2D eigenvalue weighted by atomic mass is 16.6. The average molecular weight is 278 g/mol. The zero-order valence-corrected chi connectivity index (χ0v) is 12.7. The molecule has 1 amide bonds. The molecule has 0 fully saturated rings. The lowest BCUT2D eigenvalue weighted by molar-refractivity contribution is -0.114. The molecule has 1 aromatic rings. The standard InChI is InChI=1S/C15H22N2O3/c1-10(2)20-13-7-6-11(3)12(8-13)9-14(17-19-5)15(18)16-4/h6-8,10H,9H2,1-5H3,(H,16,18)/b17-14+. The summed E-state index contributed by atoms with van der Waals surface area (Å²) in [5.41, 5.74) is 2.40. The molecule has 0 heterocycles. The first-order valence-electron chi connectivity index (χ1n) is 6.56. The Kier molecular flexibility index (Phi) is 6.03. The summed E-state index contributed by atoms with van der Waals surface area (Å²) in [5, 5.41) is 6.34. The molecule has 0 radical (unpaired) electrons. The summed E-state index contributed by atoms with van der Waals surface area (Å²) in [6.45, 7) is 5.94. The Hall–Kier alpha value is -2.04. The van der Waals surface area contributed by atoms with Crippen LogP contribution in [0.3, 0.4) is 0 Å². The topological polar surface area (TPSA) is 59.9 Å². The van der Waals surface area contributed by atoms with Crippen molar-refractivity contribution in [3.05, 3.63) is 29.3 Å². The Labute approximate surface area is 120 Å². The first-order chi connectivity index (χ1) is 9.47. The molecular weight excluding hydrogens is 256 g/mol. The van der Waals surface area contributed by atoms with Crippen LogP contribution in [0.4, 0.5) is 0 Å². The van der Waals surface area contributed by atoms with Gasteiger partial charge in [-0.25, -0.2) is 0 Å². The third kappa shape index (κ3) is 4.57. The lowest BCUT2D eigenvalue weighted by Gasteiger charge is -2.13. The van der Waals surface area contributed by atoms with Gasteiger partial charge in [0.05, 0.1) is 6.10 Å². The first kappa shape index (κ1) is 16.0. The number of nitrogens with one attached hydrogen (secondary N) is 1. The molecular formula is C15H22N2O3. The molecule has 0 unspecified atom stereocenters. The predicted octanol–water partition coefficient (Wildman–Crippen LogP) is 2.07. The number of hydrogen-bond donors (Lipinski definition) is 1. The van der Waals surface area contributed by atoms with E-state index in [9.17, 15) is 4.79 Å². The molecule has 110 valence electrons. The van der Waals surface area contributed by atoms with Crippen LogP contribution in [0.2, 0.25) is 0 Å². The second-order valence-corrected chi connectivity index (χ2v) is 4.73. The van der Waals surface area contributed by atoms with Gasteiger partial charge in [-0.2, -0.15) is 0 Å². The van der Waals surface area contributed by atoms with Crippen molar-refractivity contribution in [1.29, 1.82) is 0 Å². The minimum Gasteiger partial charge on any atom is -0.491 e. The van der Waals surface area contributed by atoms with E-state index < -0.39 is 0 Å². The van der Waals surface area contributed by atoms with Gasteiger partial charge >= 0.3 is 0 Å². The number of oxime groups is 1. The minimum atomic E-state index is -0.249. The van der Waals surface area contributed by atoms with Gasteiger partial charge in [0, 0.05) is 13.5 Å². The van der Waals surface area contributed by atoms with E-state index in [0.717, 1.165) is 16.9 Å². The molecule has 0 aliphatic carbocycles. The third-order valence-electron chi connectivity index (χ3n) is 2.74. The maximum atomic E-state index is 11.7. The quantitative estimate of drug-likeness (QED) is 0.640. The van der Waals surface area contributed by atoms with Gasteiger partial charge in [-0.3, -0.25) is 4.79 Å². The van der Waals surface area contributed by atoms with Crippen LogP contribution in [0.1, 0.15) is 25.0 Å². The highest BCUT2D eigenvalue weighted by Crippen LogP contribution is 2.19. The number of hydrogen-bond acceptors (Lipinski definition) is 4. The molecule has 5 heteroatoms. The summed E-state index contributed by atoms with van der Waals surface area (Å²) in [7, 11) is 2.99. The smallest absolute Gasteiger partial charge is 0.269 e. The molecule has 1 rings (SSSR count). The van der Waals surface area contributed by atoms with Crippen molar-refractivity contribution in [2.24, 2.45) is 5.16 Å². The lowest BCUT2D eigenvalue weighted by atomic mass is 10.0. The van der Waals surface area contributed by atoms with E-state index in [1.807, 2.05) is 39.0 Å². The SMILES string of the molecule is CNC(=O)/C(Cc1cc(OC(C)C)ccc1C)=N/OC. The summed E-state index contributed by atoms with van der Waals surface area (Å²) < 4.78 is 5.67. The molecule has 5 nitrogen and oxygen atoms in total. The number of aryl methyl sites for hydroxylation is 1. The van der Waals surface area contributed by atoms with Crippen molar-refractivity contribution in [2.45, 2.75) is 33.3 Å². The third-order valence-corrected chi connectivity index (χ3v) is 2.74. The largest absolute Gasteiger partial charge is 0.491 e. The number of amides is 1. The fraction of sp³-hybridized carbons (Fsp3) is 0.467. The Morgan fingerprint density at radius 1 is 1.40 bits per heavy atom. The number of nitrogens with zero attached hydrogens (tertiary/aromatic N) is 1. The molecule has 0 bridgehead atoms. The normalized spacial score (nSPS) is 11.4. The van der Waals surface area contributed by atoms with Crippen LogP contribution in [0.15, 0.2) is 23.4 Å². The van der Waals surface area contributed by atoms with Crippen LogP contribution in [-0.2, 0) is 16.1 Å². The summed E-state index contributed by atoms with van der Waals surface area (Å²) in [5.74, 6) is 0.538. The highest BCUT2D eigenvalue weighted by Gasteiger charge is 2.14. The minimum absolute atomic E-state index is 0.108. The molecule has 20 heavy (non-hydrogen) atoms. The molecule has 1 N–H and O–H groups in total. The van der Waals surface area contributed by atoms with Crippen molar-refractivity contribution in [3.8, 4) is 5.75 Å². The van der Waals surface area contributed by atoms with Crippen LogP contribution in [0.5, 0.6) is 5.75 Å². The highest BCUT2D eigenvalue weighted by molar-refractivity contribution is 6.39. The first-order valence-corrected chi connectivity index (χ1v) is 6.56. The summed E-state index contributed by atoms with van der Waals surface area (Å²) in [6.07, 6.45) is 0.505. The number of carbonyl (C=O) groups is 1. The van der Waals surface area contributed by atoms with Gasteiger partial charge in [0.1, 0.15) is 18.6 Å². The van der Waals surface area contributed by atoms with Crippen molar-refractivity contribution < 1.29 is 14.4 Å². The van der Waals surface area contributed by atoms with Crippen LogP contribution < -0.4 is 10.1 Å². The predicted molar refractivity (Wildman–Crippen MR) is 79.2 cm³/mol. The maximum Gasteiger partial charge on any atom is 0.269 e. The fourth-order valence-electron chi connectivity index (χ4n) is 1.77.